The van der Waals surface area contributed by atoms with Crippen LogP contribution in [0.15, 0.2) is 16.6 Å². The minimum absolute atomic E-state index is 0.405. The number of hydrogen-bond donors (Lipinski definition) is 0. The van der Waals surface area contributed by atoms with E-state index in [9.17, 15) is 0 Å². The maximum Gasteiger partial charge on any atom is 0.162 e. The lowest BCUT2D eigenvalue weighted by molar-refractivity contribution is 0.171. The largest absolute Gasteiger partial charge is 0.486 e. The Morgan fingerprint density at radius 1 is 1.24 bits per heavy atom. The van der Waals surface area contributed by atoms with Gasteiger partial charge in [-0.05, 0) is 36.0 Å². The van der Waals surface area contributed by atoms with Crippen molar-refractivity contribution >= 4 is 31.9 Å². The molecule has 0 radical (unpaired) electrons. The van der Waals surface area contributed by atoms with Crippen LogP contribution in [0.3, 0.4) is 0 Å². The van der Waals surface area contributed by atoms with E-state index in [2.05, 4.69) is 44.8 Å². The summed E-state index contributed by atoms with van der Waals surface area (Å²) < 4.78 is 12.3. The molecule has 4 heteroatoms. The van der Waals surface area contributed by atoms with E-state index in [-0.39, 0.29) is 0 Å². The van der Waals surface area contributed by atoms with Crippen LogP contribution < -0.4 is 9.47 Å². The highest BCUT2D eigenvalue weighted by Gasteiger charge is 2.39. The van der Waals surface area contributed by atoms with Crippen LogP contribution in [-0.4, -0.2) is 13.2 Å². The van der Waals surface area contributed by atoms with Gasteiger partial charge in [0.05, 0.1) is 0 Å². The highest BCUT2D eigenvalue weighted by Crippen LogP contribution is 2.53. The lowest BCUT2D eigenvalue weighted by atomic mass is 10.1. The molecule has 92 valence electrons. The number of fused-ring (bicyclic) bond motifs is 1. The lowest BCUT2D eigenvalue weighted by Gasteiger charge is -2.21. The first-order valence-corrected chi connectivity index (χ1v) is 7.61. The van der Waals surface area contributed by atoms with Crippen molar-refractivity contribution in [2.45, 2.75) is 18.2 Å². The van der Waals surface area contributed by atoms with E-state index < -0.39 is 0 Å². The molecule has 0 saturated heterocycles. The summed E-state index contributed by atoms with van der Waals surface area (Å²) in [5, 5.41) is 0. The Morgan fingerprint density at radius 3 is 2.41 bits per heavy atom. The molecule has 3 atom stereocenters. The molecule has 1 saturated carbocycles. The lowest BCUT2D eigenvalue weighted by Crippen LogP contribution is -2.15. The number of ether oxygens (including phenoxy) is 2. The van der Waals surface area contributed by atoms with Crippen LogP contribution in [-0.2, 0) is 0 Å². The summed E-state index contributed by atoms with van der Waals surface area (Å²) in [5.41, 5.74) is 1.27. The fraction of sp³-hybridized carbons (Fsp3) is 0.538. The second-order valence-corrected chi connectivity index (χ2v) is 6.64. The molecule has 1 aromatic rings. The molecular formula is C13H14Br2O2. The van der Waals surface area contributed by atoms with E-state index in [1.807, 2.05) is 6.07 Å². The summed E-state index contributed by atoms with van der Waals surface area (Å²) in [5.74, 6) is 3.27. The van der Waals surface area contributed by atoms with Gasteiger partial charge in [-0.1, -0.05) is 38.8 Å². The second-order valence-electron chi connectivity index (χ2n) is 4.80. The van der Waals surface area contributed by atoms with E-state index in [1.165, 1.54) is 12.0 Å². The maximum absolute atomic E-state index is 5.63. The van der Waals surface area contributed by atoms with Gasteiger partial charge in [0.2, 0.25) is 0 Å². The van der Waals surface area contributed by atoms with Crippen molar-refractivity contribution in [1.82, 2.24) is 0 Å². The fourth-order valence-electron chi connectivity index (χ4n) is 2.28. The first-order valence-electron chi connectivity index (χ1n) is 5.90. The van der Waals surface area contributed by atoms with Gasteiger partial charge < -0.3 is 9.47 Å². The van der Waals surface area contributed by atoms with Crippen molar-refractivity contribution in [2.24, 2.45) is 11.8 Å². The van der Waals surface area contributed by atoms with Crippen molar-refractivity contribution in [3.63, 3.8) is 0 Å². The molecule has 3 rings (SSSR count). The molecule has 1 aromatic carbocycles. The molecule has 2 aliphatic rings. The molecule has 2 nitrogen and oxygen atoms in total. The Labute approximate surface area is 118 Å². The molecule has 1 aliphatic heterocycles. The van der Waals surface area contributed by atoms with Crippen LogP contribution in [0.1, 0.15) is 23.7 Å². The van der Waals surface area contributed by atoms with Crippen LogP contribution in [0.2, 0.25) is 0 Å². The molecule has 0 spiro atoms. The smallest absolute Gasteiger partial charge is 0.162 e. The van der Waals surface area contributed by atoms with Crippen molar-refractivity contribution in [1.29, 1.82) is 0 Å². The average molecular weight is 362 g/mol. The van der Waals surface area contributed by atoms with Crippen molar-refractivity contribution in [2.75, 3.05) is 13.2 Å². The summed E-state index contributed by atoms with van der Waals surface area (Å²) >= 11 is 7.43. The minimum atomic E-state index is 0.405. The van der Waals surface area contributed by atoms with Gasteiger partial charge in [-0.3, -0.25) is 0 Å². The molecule has 0 bridgehead atoms. The van der Waals surface area contributed by atoms with Gasteiger partial charge in [0, 0.05) is 9.30 Å². The van der Waals surface area contributed by atoms with Crippen molar-refractivity contribution in [3.8, 4) is 11.5 Å². The van der Waals surface area contributed by atoms with Crippen LogP contribution >= 0.6 is 31.9 Å². The second kappa shape index (κ2) is 4.47. The highest BCUT2D eigenvalue weighted by atomic mass is 79.9. The van der Waals surface area contributed by atoms with Gasteiger partial charge >= 0.3 is 0 Å². The molecule has 0 N–H and O–H groups in total. The predicted octanol–water partition coefficient (Wildman–Crippen LogP) is 4.31. The Hall–Kier alpha value is -0.220. The number of hydrogen-bond acceptors (Lipinski definition) is 2. The van der Waals surface area contributed by atoms with Crippen molar-refractivity contribution in [3.05, 3.63) is 22.2 Å². The van der Waals surface area contributed by atoms with Gasteiger partial charge in [-0.15, -0.1) is 0 Å². The van der Waals surface area contributed by atoms with Gasteiger partial charge in [-0.25, -0.2) is 0 Å². The fourth-order valence-corrected chi connectivity index (χ4v) is 4.27. The van der Waals surface area contributed by atoms with E-state index in [0.717, 1.165) is 27.8 Å². The third kappa shape index (κ3) is 2.22. The molecular weight excluding hydrogens is 348 g/mol. The summed E-state index contributed by atoms with van der Waals surface area (Å²) in [6, 6.07) is 4.12. The third-order valence-corrected chi connectivity index (χ3v) is 5.37. The predicted molar refractivity (Wildman–Crippen MR) is 74.1 cm³/mol. The number of rotatable bonds is 2. The van der Waals surface area contributed by atoms with Crippen LogP contribution in [0.25, 0.3) is 0 Å². The summed E-state index contributed by atoms with van der Waals surface area (Å²) in [7, 11) is 0. The maximum atomic E-state index is 5.63. The zero-order valence-electron chi connectivity index (χ0n) is 9.58. The van der Waals surface area contributed by atoms with Gasteiger partial charge in [-0.2, -0.15) is 0 Å². The quantitative estimate of drug-likeness (QED) is 0.730. The Bertz CT molecular complexity index is 447. The van der Waals surface area contributed by atoms with E-state index in [1.54, 1.807) is 0 Å². The van der Waals surface area contributed by atoms with Gasteiger partial charge in [0.25, 0.3) is 0 Å². The zero-order valence-corrected chi connectivity index (χ0v) is 12.8. The molecule has 3 unspecified atom stereocenters. The average Bonchev–Trinajstić information content (AvgIpc) is 3.05. The third-order valence-electron chi connectivity index (χ3n) is 3.51. The van der Waals surface area contributed by atoms with Crippen LogP contribution in [0.4, 0.5) is 0 Å². The molecule has 1 heterocycles. The normalized spacial score (nSPS) is 27.7. The standard InChI is InChI=1S/C13H14Br2O2/c1-7-4-8(7)13(15)9-5-11-12(6-10(9)14)17-3-2-16-11/h5-8,13H,2-4H2,1H3. The first kappa shape index (κ1) is 11.8. The van der Waals surface area contributed by atoms with Gasteiger partial charge in [0.1, 0.15) is 13.2 Å². The zero-order chi connectivity index (χ0) is 12.0. The summed E-state index contributed by atoms with van der Waals surface area (Å²) in [4.78, 5) is 0.405. The topological polar surface area (TPSA) is 18.5 Å². The SMILES string of the molecule is CC1CC1C(Br)c1cc2c(cc1Br)OCCO2. The summed E-state index contributed by atoms with van der Waals surface area (Å²) in [6.45, 7) is 3.57. The monoisotopic (exact) mass is 360 g/mol. The molecule has 0 amide bonds. The molecule has 0 aromatic heterocycles. The Kier molecular flexibility index (Phi) is 3.11. The molecule has 17 heavy (non-hydrogen) atoms. The van der Waals surface area contributed by atoms with E-state index in [0.29, 0.717) is 18.0 Å². The first-order chi connectivity index (χ1) is 8.16. The van der Waals surface area contributed by atoms with Crippen LogP contribution in [0.5, 0.6) is 11.5 Å². The number of alkyl halides is 1. The number of benzene rings is 1. The molecule has 1 fully saturated rings. The minimum Gasteiger partial charge on any atom is -0.486 e. The number of halogens is 2. The Balaban J connectivity index is 1.93. The summed E-state index contributed by atoms with van der Waals surface area (Å²) in [6.07, 6.45) is 1.30. The highest BCUT2D eigenvalue weighted by molar-refractivity contribution is 9.11. The van der Waals surface area contributed by atoms with E-state index >= 15 is 0 Å². The van der Waals surface area contributed by atoms with E-state index in [4.69, 9.17) is 9.47 Å². The van der Waals surface area contributed by atoms with Gasteiger partial charge in [0.15, 0.2) is 11.5 Å². The Morgan fingerprint density at radius 2 is 1.82 bits per heavy atom. The van der Waals surface area contributed by atoms with Crippen LogP contribution in [0, 0.1) is 11.8 Å². The van der Waals surface area contributed by atoms with Crippen molar-refractivity contribution < 1.29 is 9.47 Å². The molecule has 1 aliphatic carbocycles.